The Hall–Kier alpha value is -2.90. The molecule has 0 radical (unpaired) electrons. The fourth-order valence-electron chi connectivity index (χ4n) is 2.32. The molecule has 146 valence electrons. The molecule has 3 aromatic rings. The van der Waals surface area contributed by atoms with Gasteiger partial charge in [0.15, 0.2) is 28.8 Å². The summed E-state index contributed by atoms with van der Waals surface area (Å²) >= 11 is 1.61. The van der Waals surface area contributed by atoms with Gasteiger partial charge in [-0.2, -0.15) is 18.2 Å². The fraction of sp³-hybridized carbons (Fsp3) is 0.125. The van der Waals surface area contributed by atoms with Crippen molar-refractivity contribution < 1.29 is 21.0 Å². The van der Waals surface area contributed by atoms with Crippen LogP contribution in [0.1, 0.15) is 5.69 Å². The Labute approximate surface area is 168 Å². The lowest BCUT2D eigenvalue weighted by molar-refractivity contribution is -0.144. The number of ether oxygens (including phenoxy) is 1. The number of hydrogen-bond donors (Lipinski definition) is 0. The zero-order chi connectivity index (χ0) is 20.5. The number of rotatable bonds is 4. The van der Waals surface area contributed by atoms with Crippen LogP contribution in [0.15, 0.2) is 52.2 Å². The van der Waals surface area contributed by atoms with Gasteiger partial charge < -0.3 is 7.80 Å². The van der Waals surface area contributed by atoms with Gasteiger partial charge in [-0.3, -0.25) is 9.36 Å². The number of hydrogen-bond acceptors (Lipinski definition) is 6. The van der Waals surface area contributed by atoms with Crippen molar-refractivity contribution in [1.82, 2.24) is 19.1 Å². The average molecular weight is 506 g/mol. The SMILES string of the molecule is Cn1c(C(F)(F)F)cc(=O)n(-c2cccc(Oc3cccnc3OI)n2)c1=O. The van der Waals surface area contributed by atoms with E-state index in [9.17, 15) is 22.8 Å². The molecule has 0 aliphatic heterocycles. The molecule has 0 spiro atoms. The molecule has 3 rings (SSSR count). The lowest BCUT2D eigenvalue weighted by Gasteiger charge is -2.14. The van der Waals surface area contributed by atoms with Gasteiger partial charge >= 0.3 is 11.9 Å². The Kier molecular flexibility index (Phi) is 5.40. The zero-order valence-electron chi connectivity index (χ0n) is 14.0. The van der Waals surface area contributed by atoms with Crippen molar-refractivity contribution in [1.29, 1.82) is 0 Å². The smallest absolute Gasteiger partial charge is 0.431 e. The van der Waals surface area contributed by atoms with E-state index in [-0.39, 0.29) is 23.3 Å². The standard InChI is InChI=1S/C16H10F3IN4O4/c1-23-10(16(17,18)19)8-13(25)24(15(23)26)11-5-2-6-12(22-11)27-9-4-3-7-21-14(9)28-20/h2-8H,1H3. The van der Waals surface area contributed by atoms with Crippen LogP contribution in [0.4, 0.5) is 13.2 Å². The zero-order valence-corrected chi connectivity index (χ0v) is 16.1. The summed E-state index contributed by atoms with van der Waals surface area (Å²) in [4.78, 5) is 32.5. The topological polar surface area (TPSA) is 88.2 Å². The van der Waals surface area contributed by atoms with E-state index in [0.29, 0.717) is 15.2 Å². The molecule has 0 unspecified atom stereocenters. The quantitative estimate of drug-likeness (QED) is 0.506. The number of aromatic nitrogens is 4. The highest BCUT2D eigenvalue weighted by Gasteiger charge is 2.35. The van der Waals surface area contributed by atoms with Crippen LogP contribution in [-0.4, -0.2) is 19.1 Å². The van der Waals surface area contributed by atoms with Gasteiger partial charge in [-0.25, -0.2) is 14.3 Å². The van der Waals surface area contributed by atoms with Gasteiger partial charge in [0.05, 0.1) is 0 Å². The van der Waals surface area contributed by atoms with E-state index in [1.54, 1.807) is 35.1 Å². The molecule has 0 aliphatic rings. The van der Waals surface area contributed by atoms with E-state index < -0.39 is 23.1 Å². The molecule has 3 aromatic heterocycles. The lowest BCUT2D eigenvalue weighted by atomic mass is 10.3. The largest absolute Gasteiger partial charge is 0.433 e. The molecule has 0 N–H and O–H groups in total. The van der Waals surface area contributed by atoms with Crippen LogP contribution in [0.3, 0.4) is 0 Å². The van der Waals surface area contributed by atoms with Gasteiger partial charge in [-0.05, 0) is 18.2 Å². The highest BCUT2D eigenvalue weighted by Crippen LogP contribution is 2.30. The monoisotopic (exact) mass is 506 g/mol. The Balaban J connectivity index is 2.07. The summed E-state index contributed by atoms with van der Waals surface area (Å²) in [7, 11) is 0.918. The first kappa shape index (κ1) is 19.9. The van der Waals surface area contributed by atoms with Crippen molar-refractivity contribution in [3.8, 4) is 23.3 Å². The lowest BCUT2D eigenvalue weighted by Crippen LogP contribution is -2.41. The van der Waals surface area contributed by atoms with Crippen molar-refractivity contribution in [3.63, 3.8) is 0 Å². The molecule has 0 saturated carbocycles. The van der Waals surface area contributed by atoms with Gasteiger partial charge in [0, 0.05) is 25.4 Å². The second-order valence-corrected chi connectivity index (χ2v) is 5.80. The third kappa shape index (κ3) is 3.85. The summed E-state index contributed by atoms with van der Waals surface area (Å²) in [5, 5.41) is 0. The van der Waals surface area contributed by atoms with Crippen LogP contribution in [0.2, 0.25) is 0 Å². The van der Waals surface area contributed by atoms with Crippen LogP contribution in [0.5, 0.6) is 17.5 Å². The molecule has 0 atom stereocenters. The van der Waals surface area contributed by atoms with E-state index in [2.05, 4.69) is 9.97 Å². The van der Waals surface area contributed by atoms with E-state index >= 15 is 0 Å². The van der Waals surface area contributed by atoms with Crippen molar-refractivity contribution in [2.75, 3.05) is 0 Å². The van der Waals surface area contributed by atoms with Crippen LogP contribution < -0.4 is 19.1 Å². The minimum absolute atomic E-state index is 0.0194. The van der Waals surface area contributed by atoms with Crippen molar-refractivity contribution >= 4 is 23.0 Å². The molecule has 12 heteroatoms. The minimum atomic E-state index is -4.85. The Morgan fingerprint density at radius 1 is 1.14 bits per heavy atom. The van der Waals surface area contributed by atoms with E-state index in [1.165, 1.54) is 24.4 Å². The second-order valence-electron chi connectivity index (χ2n) is 5.36. The Morgan fingerprint density at radius 2 is 1.89 bits per heavy atom. The molecule has 0 aliphatic carbocycles. The van der Waals surface area contributed by atoms with Crippen molar-refractivity contribution in [3.05, 3.63) is 69.1 Å². The molecular formula is C16H10F3IN4O4. The van der Waals surface area contributed by atoms with Gasteiger partial charge in [0.2, 0.25) is 5.88 Å². The maximum atomic E-state index is 13.0. The van der Waals surface area contributed by atoms with E-state index in [4.69, 9.17) is 7.80 Å². The van der Waals surface area contributed by atoms with Crippen molar-refractivity contribution in [2.45, 2.75) is 6.18 Å². The normalized spacial score (nSPS) is 11.3. The van der Waals surface area contributed by atoms with Gasteiger partial charge in [0.25, 0.3) is 11.4 Å². The molecule has 8 nitrogen and oxygen atoms in total. The van der Waals surface area contributed by atoms with Gasteiger partial charge in [-0.1, -0.05) is 6.07 Å². The molecule has 0 amide bonds. The summed E-state index contributed by atoms with van der Waals surface area (Å²) in [6.07, 6.45) is -3.36. The number of alkyl halides is 3. The summed E-state index contributed by atoms with van der Waals surface area (Å²) in [6, 6.07) is 7.64. The summed E-state index contributed by atoms with van der Waals surface area (Å²) in [6.45, 7) is 0. The molecule has 0 aromatic carbocycles. The number of pyridine rings is 2. The van der Waals surface area contributed by atoms with E-state index in [0.717, 1.165) is 7.05 Å². The Morgan fingerprint density at radius 3 is 2.57 bits per heavy atom. The Bertz CT molecular complexity index is 1140. The fourth-order valence-corrected chi connectivity index (χ4v) is 2.65. The van der Waals surface area contributed by atoms with Crippen LogP contribution >= 0.6 is 23.0 Å². The molecular weight excluding hydrogens is 496 g/mol. The summed E-state index contributed by atoms with van der Waals surface area (Å²) < 4.78 is 50.3. The first-order valence-electron chi connectivity index (χ1n) is 7.51. The molecule has 0 saturated heterocycles. The predicted molar refractivity (Wildman–Crippen MR) is 99.0 cm³/mol. The molecule has 0 bridgehead atoms. The first-order chi connectivity index (χ1) is 13.2. The third-order valence-corrected chi connectivity index (χ3v) is 3.99. The molecule has 3 heterocycles. The van der Waals surface area contributed by atoms with Crippen LogP contribution in [0, 0.1) is 0 Å². The molecule has 0 fully saturated rings. The minimum Gasteiger partial charge on any atom is -0.433 e. The number of nitrogens with zero attached hydrogens (tertiary/aromatic N) is 4. The maximum absolute atomic E-state index is 13.0. The average Bonchev–Trinajstić information content (AvgIpc) is 2.65. The first-order valence-corrected chi connectivity index (χ1v) is 8.39. The predicted octanol–water partition coefficient (Wildman–Crippen LogP) is 2.87. The third-order valence-electron chi connectivity index (χ3n) is 3.57. The molecule has 28 heavy (non-hydrogen) atoms. The van der Waals surface area contributed by atoms with Crippen LogP contribution in [-0.2, 0) is 13.2 Å². The van der Waals surface area contributed by atoms with E-state index in [1.807, 2.05) is 0 Å². The highest BCUT2D eigenvalue weighted by molar-refractivity contribution is 14.1. The summed E-state index contributed by atoms with van der Waals surface area (Å²) in [5.41, 5.74) is -3.72. The van der Waals surface area contributed by atoms with Gasteiger partial charge in [-0.15, -0.1) is 0 Å². The van der Waals surface area contributed by atoms with Crippen LogP contribution in [0.25, 0.3) is 5.82 Å². The maximum Gasteiger partial charge on any atom is 0.431 e. The highest BCUT2D eigenvalue weighted by atomic mass is 127. The summed E-state index contributed by atoms with van der Waals surface area (Å²) in [5.74, 6) is 0.166. The van der Waals surface area contributed by atoms with Gasteiger partial charge in [0.1, 0.15) is 11.5 Å². The second kappa shape index (κ2) is 7.61. The number of halogens is 4. The van der Waals surface area contributed by atoms with Crippen molar-refractivity contribution in [2.24, 2.45) is 7.05 Å².